The molecular weight excluding hydrogens is 206 g/mol. The van der Waals surface area contributed by atoms with Gasteiger partial charge in [-0.25, -0.2) is 4.79 Å². The summed E-state index contributed by atoms with van der Waals surface area (Å²) >= 11 is 1.61. The molecular formula is C8H15NO4S. The van der Waals surface area contributed by atoms with E-state index in [1.807, 2.05) is 6.26 Å². The highest BCUT2D eigenvalue weighted by Gasteiger charge is 2.00. The molecule has 0 aromatic carbocycles. The Labute approximate surface area is 87.2 Å². The van der Waals surface area contributed by atoms with Gasteiger partial charge in [-0.15, -0.1) is 0 Å². The van der Waals surface area contributed by atoms with Gasteiger partial charge in [0.15, 0.2) is 0 Å². The lowest BCUT2D eigenvalue weighted by Crippen LogP contribution is -2.28. The molecule has 0 aliphatic carbocycles. The molecule has 0 fully saturated rings. The maximum atomic E-state index is 11.0. The number of hydrogen-bond acceptors (Lipinski definition) is 4. The molecule has 0 aliphatic rings. The van der Waals surface area contributed by atoms with Crippen LogP contribution in [0.4, 0.5) is 0 Å². The van der Waals surface area contributed by atoms with E-state index in [9.17, 15) is 9.59 Å². The van der Waals surface area contributed by atoms with Crippen LogP contribution in [0.15, 0.2) is 0 Å². The monoisotopic (exact) mass is 221 g/mol. The first-order chi connectivity index (χ1) is 6.66. The predicted molar refractivity (Wildman–Crippen MR) is 54.5 cm³/mol. The molecule has 0 heterocycles. The number of hydrogen-bond donors (Lipinski definition) is 2. The molecule has 5 nitrogen and oxygen atoms in total. The van der Waals surface area contributed by atoms with Crippen molar-refractivity contribution >= 4 is 23.6 Å². The molecule has 0 aromatic rings. The van der Waals surface area contributed by atoms with Crippen molar-refractivity contribution in [2.75, 3.05) is 31.8 Å². The van der Waals surface area contributed by atoms with E-state index in [0.717, 1.165) is 5.75 Å². The van der Waals surface area contributed by atoms with Crippen LogP contribution >= 0.6 is 11.8 Å². The molecule has 6 heteroatoms. The fourth-order valence-corrected chi connectivity index (χ4v) is 1.09. The Hall–Kier alpha value is -0.750. The van der Waals surface area contributed by atoms with Crippen molar-refractivity contribution < 1.29 is 19.4 Å². The first kappa shape index (κ1) is 13.2. The molecule has 0 aromatic heterocycles. The maximum Gasteiger partial charge on any atom is 0.329 e. The number of carboxylic acid groups (broad SMARTS) is 1. The predicted octanol–water partition coefficient (Wildman–Crippen LogP) is -0.0431. The van der Waals surface area contributed by atoms with Crippen molar-refractivity contribution in [3.63, 3.8) is 0 Å². The smallest absolute Gasteiger partial charge is 0.329 e. The highest BCUT2D eigenvalue weighted by atomic mass is 32.2. The number of carbonyl (C=O) groups is 2. The largest absolute Gasteiger partial charge is 0.480 e. The van der Waals surface area contributed by atoms with Crippen molar-refractivity contribution in [2.45, 2.75) is 6.42 Å². The van der Waals surface area contributed by atoms with Gasteiger partial charge in [-0.3, -0.25) is 4.79 Å². The van der Waals surface area contributed by atoms with E-state index in [4.69, 9.17) is 9.84 Å². The van der Waals surface area contributed by atoms with Crippen LogP contribution < -0.4 is 5.32 Å². The van der Waals surface area contributed by atoms with Gasteiger partial charge in [0.05, 0.1) is 6.61 Å². The fourth-order valence-electron chi connectivity index (χ4n) is 0.705. The first-order valence-corrected chi connectivity index (χ1v) is 5.61. The quantitative estimate of drug-likeness (QED) is 0.562. The first-order valence-electron chi connectivity index (χ1n) is 4.22. The van der Waals surface area contributed by atoms with E-state index in [2.05, 4.69) is 5.32 Å². The molecule has 82 valence electrons. The Balaban J connectivity index is 3.19. The molecule has 0 bridgehead atoms. The number of nitrogens with one attached hydrogen (secondary N) is 1. The van der Waals surface area contributed by atoms with E-state index in [-0.39, 0.29) is 19.1 Å². The van der Waals surface area contributed by atoms with Crippen molar-refractivity contribution in [3.8, 4) is 0 Å². The molecule has 0 saturated carbocycles. The third kappa shape index (κ3) is 9.34. The van der Waals surface area contributed by atoms with E-state index >= 15 is 0 Å². The van der Waals surface area contributed by atoms with Crippen LogP contribution in [0.5, 0.6) is 0 Å². The van der Waals surface area contributed by atoms with Crippen LogP contribution in [0.3, 0.4) is 0 Å². The number of ether oxygens (including phenoxy) is 1. The lowest BCUT2D eigenvalue weighted by atomic mass is 10.4. The summed E-state index contributed by atoms with van der Waals surface area (Å²) in [5.41, 5.74) is 0. The van der Waals surface area contributed by atoms with Crippen molar-refractivity contribution in [3.05, 3.63) is 0 Å². The van der Waals surface area contributed by atoms with Gasteiger partial charge in [0.1, 0.15) is 6.61 Å². The molecule has 0 atom stereocenters. The number of amides is 1. The molecule has 2 N–H and O–H groups in total. The summed E-state index contributed by atoms with van der Waals surface area (Å²) in [5, 5.41) is 10.8. The summed E-state index contributed by atoms with van der Waals surface area (Å²) in [6, 6.07) is 0. The Bertz CT molecular complexity index is 186. The minimum Gasteiger partial charge on any atom is -0.480 e. The molecule has 0 spiro atoms. The Kier molecular flexibility index (Phi) is 8.36. The summed E-state index contributed by atoms with van der Waals surface area (Å²) < 4.78 is 4.73. The van der Waals surface area contributed by atoms with Gasteiger partial charge >= 0.3 is 5.97 Å². The molecule has 0 radical (unpaired) electrons. The van der Waals surface area contributed by atoms with Gasteiger partial charge in [0, 0.05) is 18.7 Å². The molecule has 0 aliphatic heterocycles. The van der Waals surface area contributed by atoms with Crippen molar-refractivity contribution in [1.82, 2.24) is 5.32 Å². The molecule has 1 amide bonds. The minimum absolute atomic E-state index is 0.0294. The van der Waals surface area contributed by atoms with E-state index in [1.54, 1.807) is 11.8 Å². The summed E-state index contributed by atoms with van der Waals surface area (Å²) in [4.78, 5) is 21.0. The average Bonchev–Trinajstić information content (AvgIpc) is 2.13. The van der Waals surface area contributed by atoms with Crippen LogP contribution in [0.1, 0.15) is 6.42 Å². The normalized spacial score (nSPS) is 9.79. The van der Waals surface area contributed by atoms with Gasteiger partial charge in [0.25, 0.3) is 0 Å². The number of rotatable bonds is 8. The minimum atomic E-state index is -1.00. The Morgan fingerprint density at radius 1 is 1.50 bits per heavy atom. The van der Waals surface area contributed by atoms with Gasteiger partial charge < -0.3 is 15.2 Å². The molecule has 0 rings (SSSR count). The second kappa shape index (κ2) is 8.83. The lowest BCUT2D eigenvalue weighted by Gasteiger charge is -2.04. The van der Waals surface area contributed by atoms with Gasteiger partial charge in [-0.1, -0.05) is 0 Å². The van der Waals surface area contributed by atoms with Gasteiger partial charge in [0.2, 0.25) is 5.91 Å². The van der Waals surface area contributed by atoms with Crippen LogP contribution in [0.2, 0.25) is 0 Å². The summed E-state index contributed by atoms with van der Waals surface area (Å²) in [7, 11) is 0. The maximum absolute atomic E-state index is 11.0. The Morgan fingerprint density at radius 3 is 2.79 bits per heavy atom. The number of carboxylic acids is 1. The standard InChI is InChI=1S/C8H15NO4S/c1-14-5-2-7(10)9-3-4-13-6-8(11)12/h2-6H2,1H3,(H,9,10)(H,11,12). The summed E-state index contributed by atoms with van der Waals surface area (Å²) in [6.07, 6.45) is 2.42. The second-order valence-corrected chi connectivity index (χ2v) is 3.52. The topological polar surface area (TPSA) is 75.6 Å². The molecule has 14 heavy (non-hydrogen) atoms. The molecule has 0 saturated heterocycles. The molecule has 0 unspecified atom stereocenters. The zero-order valence-corrected chi connectivity index (χ0v) is 8.93. The fraction of sp³-hybridized carbons (Fsp3) is 0.750. The van der Waals surface area contributed by atoms with E-state index < -0.39 is 5.97 Å². The van der Waals surface area contributed by atoms with Crippen LogP contribution in [0, 0.1) is 0 Å². The SMILES string of the molecule is CSCCC(=O)NCCOCC(=O)O. The van der Waals surface area contributed by atoms with Crippen molar-refractivity contribution in [2.24, 2.45) is 0 Å². The highest BCUT2D eigenvalue weighted by molar-refractivity contribution is 7.98. The third-order valence-electron chi connectivity index (χ3n) is 1.33. The number of aliphatic carboxylic acids is 1. The van der Waals surface area contributed by atoms with E-state index in [1.165, 1.54) is 0 Å². The van der Waals surface area contributed by atoms with Crippen LogP contribution in [-0.2, 0) is 14.3 Å². The van der Waals surface area contributed by atoms with Crippen molar-refractivity contribution in [1.29, 1.82) is 0 Å². The summed E-state index contributed by atoms with van der Waals surface area (Å²) in [6.45, 7) is 0.276. The number of carbonyl (C=O) groups excluding carboxylic acids is 1. The van der Waals surface area contributed by atoms with Crippen LogP contribution in [0.25, 0.3) is 0 Å². The van der Waals surface area contributed by atoms with Crippen LogP contribution in [-0.4, -0.2) is 48.8 Å². The summed E-state index contributed by atoms with van der Waals surface area (Å²) in [5.74, 6) is -0.237. The zero-order valence-electron chi connectivity index (χ0n) is 8.12. The zero-order chi connectivity index (χ0) is 10.8. The number of thioether (sulfide) groups is 1. The van der Waals surface area contributed by atoms with E-state index in [0.29, 0.717) is 13.0 Å². The second-order valence-electron chi connectivity index (χ2n) is 2.54. The van der Waals surface area contributed by atoms with Gasteiger partial charge in [-0.05, 0) is 6.26 Å². The van der Waals surface area contributed by atoms with Gasteiger partial charge in [-0.2, -0.15) is 11.8 Å². The lowest BCUT2D eigenvalue weighted by molar-refractivity contribution is -0.142. The third-order valence-corrected chi connectivity index (χ3v) is 1.94. The highest BCUT2D eigenvalue weighted by Crippen LogP contribution is 1.94. The average molecular weight is 221 g/mol. The Morgan fingerprint density at radius 2 is 2.21 bits per heavy atom.